The first kappa shape index (κ1) is 18.2. The first-order valence-electron chi connectivity index (χ1n) is 6.19. The van der Waals surface area contributed by atoms with Crippen LogP contribution in [0, 0.1) is 0 Å². The molecule has 110 valence electrons. The molecule has 7 heteroatoms. The van der Waals surface area contributed by atoms with Gasteiger partial charge in [0.2, 0.25) is 5.91 Å². The number of carbonyl (C=O) groups is 1. The van der Waals surface area contributed by atoms with Crippen molar-refractivity contribution in [3.05, 3.63) is 18.0 Å². The Hall–Kier alpha value is -0.780. The lowest BCUT2D eigenvalue weighted by Crippen LogP contribution is -2.40. The van der Waals surface area contributed by atoms with E-state index in [0.29, 0.717) is 12.3 Å². The van der Waals surface area contributed by atoms with Crippen LogP contribution in [0.3, 0.4) is 0 Å². The molecule has 0 aliphatic carbocycles. The first-order chi connectivity index (χ1) is 8.16. The number of nitrogens with zero attached hydrogens (tertiary/aromatic N) is 2. The molecule has 0 saturated carbocycles. The second-order valence-corrected chi connectivity index (χ2v) is 4.87. The first-order valence-corrected chi connectivity index (χ1v) is 6.19. The summed E-state index contributed by atoms with van der Waals surface area (Å²) in [7, 11) is 0. The number of H-pyrrole nitrogens is 1. The zero-order valence-corrected chi connectivity index (χ0v) is 12.7. The number of likely N-dealkylation sites (tertiary alicyclic amines) is 1. The van der Waals surface area contributed by atoms with Crippen molar-refractivity contribution < 1.29 is 4.79 Å². The van der Waals surface area contributed by atoms with Crippen molar-refractivity contribution in [3.8, 4) is 0 Å². The molecule has 3 N–H and O–H groups in total. The summed E-state index contributed by atoms with van der Waals surface area (Å²) in [5.74, 6) is 0.721. The summed E-state index contributed by atoms with van der Waals surface area (Å²) in [6.07, 6.45) is 6.32. The van der Waals surface area contributed by atoms with E-state index in [4.69, 9.17) is 5.73 Å². The molecule has 5 nitrogen and oxygen atoms in total. The molecule has 2 rings (SSSR count). The number of nitrogens with one attached hydrogen (secondary N) is 1. The number of halogens is 2. The number of carbonyl (C=O) groups excluding carboxylic acids is 1. The van der Waals surface area contributed by atoms with Gasteiger partial charge in [-0.25, -0.2) is 0 Å². The van der Waals surface area contributed by atoms with Gasteiger partial charge >= 0.3 is 0 Å². The maximum absolute atomic E-state index is 11.8. The molecule has 0 radical (unpaired) electrons. The van der Waals surface area contributed by atoms with Gasteiger partial charge in [0.1, 0.15) is 0 Å². The van der Waals surface area contributed by atoms with E-state index in [1.54, 1.807) is 0 Å². The van der Waals surface area contributed by atoms with Gasteiger partial charge in [0.15, 0.2) is 0 Å². The monoisotopic (exact) mass is 308 g/mol. The molecule has 1 aliphatic heterocycles. The Labute approximate surface area is 126 Å². The van der Waals surface area contributed by atoms with E-state index >= 15 is 0 Å². The van der Waals surface area contributed by atoms with E-state index in [9.17, 15) is 4.79 Å². The number of rotatable bonds is 3. The van der Waals surface area contributed by atoms with Gasteiger partial charge in [-0.05, 0) is 31.2 Å². The van der Waals surface area contributed by atoms with Crippen LogP contribution in [-0.2, 0) is 4.79 Å². The van der Waals surface area contributed by atoms with Crippen LogP contribution in [-0.4, -0.2) is 40.1 Å². The lowest BCUT2D eigenvalue weighted by atomic mass is 9.91. The number of amides is 1. The van der Waals surface area contributed by atoms with Crippen LogP contribution in [0.1, 0.15) is 37.7 Å². The molecule has 19 heavy (non-hydrogen) atoms. The molecular formula is C12H22Cl2N4O. The fourth-order valence-electron chi connectivity index (χ4n) is 2.35. The van der Waals surface area contributed by atoms with Crippen LogP contribution in [0.15, 0.2) is 12.4 Å². The van der Waals surface area contributed by atoms with Crippen molar-refractivity contribution in [1.82, 2.24) is 15.1 Å². The van der Waals surface area contributed by atoms with Gasteiger partial charge in [0, 0.05) is 31.7 Å². The van der Waals surface area contributed by atoms with Crippen LogP contribution in [0.2, 0.25) is 0 Å². The molecule has 1 unspecified atom stereocenters. The highest BCUT2D eigenvalue weighted by atomic mass is 35.5. The predicted molar refractivity (Wildman–Crippen MR) is 79.9 cm³/mol. The smallest absolute Gasteiger partial charge is 0.224 e. The molecule has 0 aromatic carbocycles. The third-order valence-corrected chi connectivity index (χ3v) is 3.34. The number of aromatic nitrogens is 2. The van der Waals surface area contributed by atoms with Crippen LogP contribution in [0.25, 0.3) is 0 Å². The number of hydrogen-bond acceptors (Lipinski definition) is 3. The van der Waals surface area contributed by atoms with E-state index in [2.05, 4.69) is 10.2 Å². The van der Waals surface area contributed by atoms with Gasteiger partial charge in [0.05, 0.1) is 6.20 Å². The van der Waals surface area contributed by atoms with Crippen molar-refractivity contribution in [3.63, 3.8) is 0 Å². The predicted octanol–water partition coefficient (Wildman–Crippen LogP) is 1.70. The number of nitrogens with two attached hydrogens (primary N) is 1. The molecular weight excluding hydrogens is 287 g/mol. The highest BCUT2D eigenvalue weighted by molar-refractivity contribution is 5.85. The minimum Gasteiger partial charge on any atom is -0.343 e. The van der Waals surface area contributed by atoms with E-state index in [-0.39, 0.29) is 36.8 Å². The van der Waals surface area contributed by atoms with E-state index in [1.807, 2.05) is 24.2 Å². The quantitative estimate of drug-likeness (QED) is 0.892. The number of hydrogen-bond donors (Lipinski definition) is 2. The molecule has 0 bridgehead atoms. The van der Waals surface area contributed by atoms with E-state index in [1.165, 1.54) is 5.56 Å². The Morgan fingerprint density at radius 2 is 2.16 bits per heavy atom. The molecule has 1 amide bonds. The van der Waals surface area contributed by atoms with Crippen molar-refractivity contribution >= 4 is 30.7 Å². The van der Waals surface area contributed by atoms with Crippen molar-refractivity contribution in [2.75, 3.05) is 13.1 Å². The average molecular weight is 309 g/mol. The Bertz CT molecular complexity index is 362. The Morgan fingerprint density at radius 3 is 2.63 bits per heavy atom. The minimum absolute atomic E-state index is 0. The molecule has 0 spiro atoms. The Kier molecular flexibility index (Phi) is 8.06. The molecule has 1 aliphatic rings. The average Bonchev–Trinajstić information content (AvgIpc) is 2.82. The SMILES string of the molecule is CC(N)CC(=O)N1CCC(c2cn[nH]c2)CC1.Cl.Cl. The fraction of sp³-hybridized carbons (Fsp3) is 0.667. The van der Waals surface area contributed by atoms with E-state index in [0.717, 1.165) is 25.9 Å². The zero-order valence-electron chi connectivity index (χ0n) is 11.0. The third kappa shape index (κ3) is 5.01. The standard InChI is InChI=1S/C12H20N4O.2ClH/c1-9(13)6-12(17)16-4-2-10(3-5-16)11-7-14-15-8-11;;/h7-10H,2-6,13H2,1H3,(H,14,15);2*1H. The molecule has 1 atom stereocenters. The molecule has 1 aromatic heterocycles. The fourth-order valence-corrected chi connectivity index (χ4v) is 2.35. The largest absolute Gasteiger partial charge is 0.343 e. The number of aromatic amines is 1. The molecule has 1 aromatic rings. The summed E-state index contributed by atoms with van der Waals surface area (Å²) in [5, 5.41) is 6.81. The second kappa shape index (κ2) is 8.40. The van der Waals surface area contributed by atoms with Crippen LogP contribution in [0.5, 0.6) is 0 Å². The van der Waals surface area contributed by atoms with Crippen LogP contribution in [0.4, 0.5) is 0 Å². The molecule has 1 saturated heterocycles. The van der Waals surface area contributed by atoms with Gasteiger partial charge in [-0.15, -0.1) is 24.8 Å². The van der Waals surface area contributed by atoms with Crippen molar-refractivity contribution in [1.29, 1.82) is 0 Å². The molecule has 2 heterocycles. The lowest BCUT2D eigenvalue weighted by Gasteiger charge is -2.32. The summed E-state index contributed by atoms with van der Waals surface area (Å²) in [6, 6.07) is -0.0471. The Balaban J connectivity index is 0.00000162. The van der Waals surface area contributed by atoms with Gasteiger partial charge in [0.25, 0.3) is 0 Å². The lowest BCUT2D eigenvalue weighted by molar-refractivity contribution is -0.132. The van der Waals surface area contributed by atoms with Gasteiger partial charge in [-0.1, -0.05) is 0 Å². The summed E-state index contributed by atoms with van der Waals surface area (Å²) in [5.41, 5.74) is 6.90. The molecule has 1 fully saturated rings. The second-order valence-electron chi connectivity index (χ2n) is 4.87. The van der Waals surface area contributed by atoms with Crippen molar-refractivity contribution in [2.45, 2.75) is 38.1 Å². The van der Waals surface area contributed by atoms with Crippen molar-refractivity contribution in [2.24, 2.45) is 5.73 Å². The van der Waals surface area contributed by atoms with Gasteiger partial charge < -0.3 is 10.6 Å². The number of piperidine rings is 1. The summed E-state index contributed by atoms with van der Waals surface area (Å²) >= 11 is 0. The maximum Gasteiger partial charge on any atom is 0.224 e. The highest BCUT2D eigenvalue weighted by Gasteiger charge is 2.24. The highest BCUT2D eigenvalue weighted by Crippen LogP contribution is 2.27. The normalized spacial score (nSPS) is 17.3. The van der Waals surface area contributed by atoms with Crippen LogP contribution < -0.4 is 5.73 Å². The van der Waals surface area contributed by atoms with Gasteiger partial charge in [-0.2, -0.15) is 5.10 Å². The zero-order chi connectivity index (χ0) is 12.3. The Morgan fingerprint density at radius 1 is 1.53 bits per heavy atom. The summed E-state index contributed by atoms with van der Waals surface area (Å²) in [4.78, 5) is 13.8. The van der Waals surface area contributed by atoms with E-state index < -0.39 is 0 Å². The summed E-state index contributed by atoms with van der Waals surface area (Å²) < 4.78 is 0. The van der Waals surface area contributed by atoms with Gasteiger partial charge in [-0.3, -0.25) is 9.89 Å². The minimum atomic E-state index is -0.0471. The van der Waals surface area contributed by atoms with Crippen LogP contribution >= 0.6 is 24.8 Å². The topological polar surface area (TPSA) is 75.0 Å². The third-order valence-electron chi connectivity index (χ3n) is 3.34. The summed E-state index contributed by atoms with van der Waals surface area (Å²) in [6.45, 7) is 3.54. The maximum atomic E-state index is 11.8.